The summed E-state index contributed by atoms with van der Waals surface area (Å²) >= 11 is 5.97. The van der Waals surface area contributed by atoms with Gasteiger partial charge in [-0.15, -0.1) is 0 Å². The quantitative estimate of drug-likeness (QED) is 0.899. The third-order valence-electron chi connectivity index (χ3n) is 3.15. The predicted molar refractivity (Wildman–Crippen MR) is 90.7 cm³/mol. The maximum atomic E-state index is 11.7. The lowest BCUT2D eigenvalue weighted by Crippen LogP contribution is -2.21. The molecule has 7 heteroatoms. The Labute approximate surface area is 140 Å². The van der Waals surface area contributed by atoms with E-state index in [1.54, 1.807) is 18.2 Å². The number of carbonyl (C=O) groups excluding carboxylic acids is 2. The lowest BCUT2D eigenvalue weighted by atomic mass is 10.1. The van der Waals surface area contributed by atoms with Gasteiger partial charge in [0.15, 0.2) is 5.69 Å². The van der Waals surface area contributed by atoms with E-state index in [4.69, 9.17) is 17.3 Å². The highest BCUT2D eigenvalue weighted by atomic mass is 35.5. The Kier molecular flexibility index (Phi) is 6.78. The van der Waals surface area contributed by atoms with Crippen molar-refractivity contribution < 1.29 is 9.59 Å². The van der Waals surface area contributed by atoms with Crippen molar-refractivity contribution in [2.75, 3.05) is 7.05 Å². The fourth-order valence-corrected chi connectivity index (χ4v) is 2.22. The van der Waals surface area contributed by atoms with E-state index in [1.165, 1.54) is 17.8 Å². The van der Waals surface area contributed by atoms with Crippen LogP contribution in [0.15, 0.2) is 30.3 Å². The summed E-state index contributed by atoms with van der Waals surface area (Å²) in [6, 6.07) is 8.29. The number of carbonyl (C=O) groups is 2. The smallest absolute Gasteiger partial charge is 0.271 e. The molecule has 0 radical (unpaired) electrons. The van der Waals surface area contributed by atoms with Crippen molar-refractivity contribution in [3.63, 3.8) is 0 Å². The molecule has 1 heterocycles. The van der Waals surface area contributed by atoms with Crippen molar-refractivity contribution in [1.82, 2.24) is 15.1 Å². The second-order valence-electron chi connectivity index (χ2n) is 4.53. The van der Waals surface area contributed by atoms with E-state index in [-0.39, 0.29) is 23.3 Å². The fraction of sp³-hybridized carbons (Fsp3) is 0.312. The molecule has 3 N–H and O–H groups in total. The molecular formula is C16H21ClN4O2. The van der Waals surface area contributed by atoms with Crippen molar-refractivity contribution in [3.8, 4) is 0 Å². The van der Waals surface area contributed by atoms with Crippen LogP contribution in [0, 0.1) is 0 Å². The Balaban J connectivity index is 0.00000127. The van der Waals surface area contributed by atoms with Gasteiger partial charge >= 0.3 is 0 Å². The number of aromatic nitrogens is 2. The second kappa shape index (κ2) is 8.33. The van der Waals surface area contributed by atoms with E-state index < -0.39 is 5.91 Å². The first kappa shape index (κ1) is 18.7. The topological polar surface area (TPSA) is 90.0 Å². The zero-order valence-electron chi connectivity index (χ0n) is 13.6. The molecule has 0 aliphatic heterocycles. The van der Waals surface area contributed by atoms with Gasteiger partial charge in [-0.25, -0.2) is 0 Å². The number of hydrogen-bond acceptors (Lipinski definition) is 3. The molecule has 0 aliphatic rings. The molecule has 0 fully saturated rings. The van der Waals surface area contributed by atoms with Crippen LogP contribution in [-0.2, 0) is 0 Å². The van der Waals surface area contributed by atoms with Crippen molar-refractivity contribution in [1.29, 1.82) is 0 Å². The van der Waals surface area contributed by atoms with Crippen LogP contribution in [0.3, 0.4) is 0 Å². The second-order valence-corrected chi connectivity index (χ2v) is 4.97. The van der Waals surface area contributed by atoms with E-state index in [2.05, 4.69) is 10.4 Å². The Morgan fingerprint density at radius 3 is 2.48 bits per heavy atom. The molecule has 0 bridgehead atoms. The molecular weight excluding hydrogens is 316 g/mol. The third kappa shape index (κ3) is 4.32. The zero-order chi connectivity index (χ0) is 17.6. The fourth-order valence-electron chi connectivity index (χ4n) is 2.02. The van der Waals surface area contributed by atoms with Crippen molar-refractivity contribution in [3.05, 3.63) is 52.3 Å². The van der Waals surface area contributed by atoms with Gasteiger partial charge in [0.1, 0.15) is 5.69 Å². The third-order valence-corrected chi connectivity index (χ3v) is 3.38. The molecule has 0 aliphatic carbocycles. The Hall–Kier alpha value is -2.34. The van der Waals surface area contributed by atoms with Crippen molar-refractivity contribution >= 4 is 23.4 Å². The maximum absolute atomic E-state index is 11.7. The first-order valence-corrected chi connectivity index (χ1v) is 7.68. The Morgan fingerprint density at radius 1 is 1.30 bits per heavy atom. The maximum Gasteiger partial charge on any atom is 0.271 e. The highest BCUT2D eigenvalue weighted by Gasteiger charge is 2.21. The van der Waals surface area contributed by atoms with Gasteiger partial charge < -0.3 is 11.1 Å². The normalized spacial score (nSPS) is 11.2. The number of nitrogens with two attached hydrogens (primary N) is 1. The molecule has 6 nitrogen and oxygen atoms in total. The number of amides is 2. The van der Waals surface area contributed by atoms with Crippen LogP contribution in [0.5, 0.6) is 0 Å². The minimum atomic E-state index is -0.647. The highest BCUT2D eigenvalue weighted by Crippen LogP contribution is 2.22. The molecule has 0 spiro atoms. The van der Waals surface area contributed by atoms with Crippen LogP contribution in [-0.4, -0.2) is 28.6 Å². The summed E-state index contributed by atoms with van der Waals surface area (Å²) < 4.78 is 1.43. The Morgan fingerprint density at radius 2 is 1.96 bits per heavy atom. The van der Waals surface area contributed by atoms with Gasteiger partial charge in [-0.2, -0.15) is 5.10 Å². The van der Waals surface area contributed by atoms with Crippen molar-refractivity contribution in [2.45, 2.75) is 26.8 Å². The summed E-state index contributed by atoms with van der Waals surface area (Å²) in [5.41, 5.74) is 6.52. The van der Waals surface area contributed by atoms with E-state index >= 15 is 0 Å². The summed E-state index contributed by atoms with van der Waals surface area (Å²) in [6.45, 7) is 5.85. The summed E-state index contributed by atoms with van der Waals surface area (Å²) in [6.07, 6.45) is 0. The minimum Gasteiger partial charge on any atom is -0.364 e. The van der Waals surface area contributed by atoms with E-state index in [9.17, 15) is 9.59 Å². The van der Waals surface area contributed by atoms with Gasteiger partial charge in [-0.1, -0.05) is 37.6 Å². The molecule has 1 unspecified atom stereocenters. The molecule has 2 rings (SSSR count). The molecule has 2 aromatic rings. The number of nitrogens with one attached hydrogen (secondary N) is 1. The van der Waals surface area contributed by atoms with Crippen LogP contribution in [0.1, 0.15) is 53.4 Å². The molecule has 124 valence electrons. The summed E-state index contributed by atoms with van der Waals surface area (Å²) in [7, 11) is 1.49. The van der Waals surface area contributed by atoms with Gasteiger partial charge in [-0.05, 0) is 24.6 Å². The number of nitrogens with zero attached hydrogens (tertiary/aromatic N) is 2. The van der Waals surface area contributed by atoms with E-state index in [0.717, 1.165) is 5.56 Å². The number of hydrogen-bond donors (Lipinski definition) is 2. The SMILES string of the molecule is CC.CNC(=O)c1cc(C(N)=O)n(C(C)c2cccc(Cl)c2)n1. The summed E-state index contributed by atoms with van der Waals surface area (Å²) in [4.78, 5) is 23.2. The Bertz CT molecular complexity index is 697. The van der Waals surface area contributed by atoms with Gasteiger partial charge in [0.2, 0.25) is 0 Å². The molecule has 23 heavy (non-hydrogen) atoms. The van der Waals surface area contributed by atoms with Gasteiger partial charge in [0, 0.05) is 18.1 Å². The molecule has 2 amide bonds. The van der Waals surface area contributed by atoms with Crippen LogP contribution >= 0.6 is 11.6 Å². The highest BCUT2D eigenvalue weighted by molar-refractivity contribution is 6.30. The van der Waals surface area contributed by atoms with Crippen LogP contribution in [0.4, 0.5) is 0 Å². The van der Waals surface area contributed by atoms with Gasteiger partial charge in [-0.3, -0.25) is 14.3 Å². The van der Waals surface area contributed by atoms with E-state index in [0.29, 0.717) is 5.02 Å². The number of primary amides is 1. The van der Waals surface area contributed by atoms with Crippen LogP contribution < -0.4 is 11.1 Å². The summed E-state index contributed by atoms with van der Waals surface area (Å²) in [5.74, 6) is -1.03. The average molecular weight is 337 g/mol. The molecule has 1 aromatic carbocycles. The average Bonchev–Trinajstić information content (AvgIpc) is 3.01. The largest absolute Gasteiger partial charge is 0.364 e. The number of benzene rings is 1. The standard InChI is InChI=1S/C14H15ClN4O2.C2H6/c1-8(9-4-3-5-10(15)6-9)19-12(13(16)20)7-11(18-19)14(21)17-2;1-2/h3-8H,1-2H3,(H2,16,20)(H,17,21);1-2H3. The van der Waals surface area contributed by atoms with Crippen molar-refractivity contribution in [2.24, 2.45) is 5.73 Å². The van der Waals surface area contributed by atoms with E-state index in [1.807, 2.05) is 26.8 Å². The summed E-state index contributed by atoms with van der Waals surface area (Å²) in [5, 5.41) is 7.21. The molecule has 0 saturated carbocycles. The van der Waals surface area contributed by atoms with Crippen LogP contribution in [0.2, 0.25) is 5.02 Å². The first-order valence-electron chi connectivity index (χ1n) is 7.31. The van der Waals surface area contributed by atoms with Gasteiger partial charge in [0.05, 0.1) is 6.04 Å². The molecule has 0 saturated heterocycles. The monoisotopic (exact) mass is 336 g/mol. The van der Waals surface area contributed by atoms with Gasteiger partial charge in [0.25, 0.3) is 11.8 Å². The van der Waals surface area contributed by atoms with Crippen LogP contribution in [0.25, 0.3) is 0 Å². The lowest BCUT2D eigenvalue weighted by molar-refractivity contribution is 0.0955. The number of rotatable bonds is 4. The first-order chi connectivity index (χ1) is 10.9. The number of halogens is 1. The minimum absolute atomic E-state index is 0.139. The predicted octanol–water partition coefficient (Wildman–Crippen LogP) is 2.63. The molecule has 1 atom stereocenters. The lowest BCUT2D eigenvalue weighted by Gasteiger charge is -2.15. The zero-order valence-corrected chi connectivity index (χ0v) is 14.4. The molecule has 1 aromatic heterocycles.